The summed E-state index contributed by atoms with van der Waals surface area (Å²) in [7, 11) is 0. The predicted octanol–water partition coefficient (Wildman–Crippen LogP) is 2.89. The van der Waals surface area contributed by atoms with Crippen molar-refractivity contribution < 1.29 is 19.5 Å². The molecule has 3 amide bonds. The molecule has 1 aliphatic rings. The van der Waals surface area contributed by atoms with Crippen LogP contribution in [0.1, 0.15) is 16.9 Å². The molecule has 0 aliphatic carbocycles. The van der Waals surface area contributed by atoms with Crippen LogP contribution in [0, 0.1) is 0 Å². The number of hydrogen-bond acceptors (Lipinski definition) is 6. The minimum Gasteiger partial charge on any atom is -0.394 e. The molecule has 1 aromatic carbocycles. The normalized spacial score (nSPS) is 16.6. The van der Waals surface area contributed by atoms with Crippen LogP contribution < -0.4 is 5.32 Å². The molecule has 0 saturated carbocycles. The highest BCUT2D eigenvalue weighted by molar-refractivity contribution is 8.18. The van der Waals surface area contributed by atoms with E-state index in [0.717, 1.165) is 27.1 Å². The van der Waals surface area contributed by atoms with Gasteiger partial charge in [-0.25, -0.2) is 0 Å². The van der Waals surface area contributed by atoms with Gasteiger partial charge in [0.2, 0.25) is 5.91 Å². The van der Waals surface area contributed by atoms with Crippen molar-refractivity contribution in [2.24, 2.45) is 0 Å². The summed E-state index contributed by atoms with van der Waals surface area (Å²) >= 11 is 2.37. The lowest BCUT2D eigenvalue weighted by Gasteiger charge is -2.18. The van der Waals surface area contributed by atoms with Gasteiger partial charge in [-0.3, -0.25) is 19.3 Å². The molecule has 0 spiro atoms. The summed E-state index contributed by atoms with van der Waals surface area (Å²) in [5.74, 6) is -0.685. The molecule has 0 radical (unpaired) electrons. The van der Waals surface area contributed by atoms with Crippen LogP contribution in [0.15, 0.2) is 52.7 Å². The van der Waals surface area contributed by atoms with Crippen molar-refractivity contribution >= 4 is 46.2 Å². The molecule has 146 valence electrons. The van der Waals surface area contributed by atoms with E-state index in [9.17, 15) is 19.5 Å². The maximum Gasteiger partial charge on any atom is 0.293 e. The second-order valence-electron chi connectivity index (χ2n) is 6.24. The lowest BCUT2D eigenvalue weighted by Crippen LogP contribution is -2.41. The first-order valence-electron chi connectivity index (χ1n) is 8.80. The number of aliphatic hydroxyl groups is 1. The van der Waals surface area contributed by atoms with Crippen molar-refractivity contribution in [3.05, 3.63) is 63.2 Å². The smallest absolute Gasteiger partial charge is 0.293 e. The quantitative estimate of drug-likeness (QED) is 0.646. The molecule has 1 saturated heterocycles. The Morgan fingerprint density at radius 2 is 1.96 bits per heavy atom. The van der Waals surface area contributed by atoms with Gasteiger partial charge in [0, 0.05) is 17.8 Å². The number of benzene rings is 1. The van der Waals surface area contributed by atoms with Crippen molar-refractivity contribution in [3.8, 4) is 0 Å². The van der Waals surface area contributed by atoms with Gasteiger partial charge in [-0.2, -0.15) is 0 Å². The fourth-order valence-corrected chi connectivity index (χ4v) is 4.36. The van der Waals surface area contributed by atoms with Crippen LogP contribution in [0.4, 0.5) is 4.79 Å². The summed E-state index contributed by atoms with van der Waals surface area (Å²) in [6, 6.07) is 12.9. The van der Waals surface area contributed by atoms with Crippen LogP contribution >= 0.6 is 23.1 Å². The van der Waals surface area contributed by atoms with Crippen LogP contribution in [0.25, 0.3) is 6.08 Å². The summed E-state index contributed by atoms with van der Waals surface area (Å²) in [6.07, 6.45) is 2.20. The van der Waals surface area contributed by atoms with E-state index in [0.29, 0.717) is 11.3 Å². The Hall–Kier alpha value is -2.42. The SMILES string of the molecule is O=C(CCN1C(=O)SC(=Cc2cccs2)C1=O)NC(CO)Cc1ccccc1. The van der Waals surface area contributed by atoms with Gasteiger partial charge in [-0.1, -0.05) is 36.4 Å². The van der Waals surface area contributed by atoms with Gasteiger partial charge in [0.25, 0.3) is 11.1 Å². The maximum absolute atomic E-state index is 12.4. The molecule has 2 aromatic rings. The second-order valence-corrected chi connectivity index (χ2v) is 8.21. The van der Waals surface area contributed by atoms with Crippen LogP contribution in [0.2, 0.25) is 0 Å². The summed E-state index contributed by atoms with van der Waals surface area (Å²) in [5.41, 5.74) is 1.01. The highest BCUT2D eigenvalue weighted by atomic mass is 32.2. The monoisotopic (exact) mass is 416 g/mol. The van der Waals surface area contributed by atoms with Gasteiger partial charge in [0.05, 0.1) is 17.6 Å². The third kappa shape index (κ3) is 5.31. The molecule has 1 unspecified atom stereocenters. The molecular formula is C20H20N2O4S2. The highest BCUT2D eigenvalue weighted by Crippen LogP contribution is 2.32. The zero-order chi connectivity index (χ0) is 19.9. The van der Waals surface area contributed by atoms with Crippen molar-refractivity contribution in [2.75, 3.05) is 13.2 Å². The second kappa shape index (κ2) is 9.68. The van der Waals surface area contributed by atoms with Gasteiger partial charge in [-0.15, -0.1) is 11.3 Å². The number of thioether (sulfide) groups is 1. The fourth-order valence-electron chi connectivity index (χ4n) is 2.77. The van der Waals surface area contributed by atoms with E-state index in [1.807, 2.05) is 47.8 Å². The third-order valence-corrected chi connectivity index (χ3v) is 5.89. The van der Waals surface area contributed by atoms with Gasteiger partial charge >= 0.3 is 0 Å². The lowest BCUT2D eigenvalue weighted by atomic mass is 10.1. The summed E-state index contributed by atoms with van der Waals surface area (Å²) in [5, 5.41) is 13.8. The van der Waals surface area contributed by atoms with Gasteiger partial charge in [-0.05, 0) is 41.3 Å². The Morgan fingerprint density at radius 3 is 2.64 bits per heavy atom. The van der Waals surface area contributed by atoms with Gasteiger partial charge in [0.1, 0.15) is 0 Å². The van der Waals surface area contributed by atoms with Crippen molar-refractivity contribution in [2.45, 2.75) is 18.9 Å². The van der Waals surface area contributed by atoms with E-state index in [4.69, 9.17) is 0 Å². The summed E-state index contributed by atoms with van der Waals surface area (Å²) in [6.45, 7) is -0.173. The number of rotatable bonds is 8. The molecule has 8 heteroatoms. The molecular weight excluding hydrogens is 396 g/mol. The minimum atomic E-state index is -0.413. The number of aliphatic hydroxyl groups excluding tert-OH is 1. The van der Waals surface area contributed by atoms with E-state index >= 15 is 0 Å². The van der Waals surface area contributed by atoms with E-state index in [1.54, 1.807) is 6.08 Å². The van der Waals surface area contributed by atoms with Crippen LogP contribution in [0.3, 0.4) is 0 Å². The van der Waals surface area contributed by atoms with Crippen molar-refractivity contribution in [3.63, 3.8) is 0 Å². The first kappa shape index (κ1) is 20.3. The average Bonchev–Trinajstić information content (AvgIpc) is 3.29. The topological polar surface area (TPSA) is 86.7 Å². The molecule has 1 aliphatic heterocycles. The molecule has 28 heavy (non-hydrogen) atoms. The lowest BCUT2D eigenvalue weighted by molar-refractivity contribution is -0.124. The first-order chi connectivity index (χ1) is 13.6. The average molecular weight is 417 g/mol. The summed E-state index contributed by atoms with van der Waals surface area (Å²) < 4.78 is 0. The standard InChI is InChI=1S/C20H20N2O4S2/c23-13-15(11-14-5-2-1-3-6-14)21-18(24)8-9-22-19(25)17(28-20(22)26)12-16-7-4-10-27-16/h1-7,10,12,15,23H,8-9,11,13H2,(H,21,24). The Balaban J connectivity index is 1.52. The van der Waals surface area contributed by atoms with Crippen molar-refractivity contribution in [1.29, 1.82) is 0 Å². The first-order valence-corrected chi connectivity index (χ1v) is 10.5. The van der Waals surface area contributed by atoms with Crippen LogP contribution in [-0.2, 0) is 16.0 Å². The van der Waals surface area contributed by atoms with Gasteiger partial charge in [0.15, 0.2) is 0 Å². The van der Waals surface area contributed by atoms with E-state index in [1.165, 1.54) is 11.3 Å². The molecule has 2 N–H and O–H groups in total. The molecule has 1 fully saturated rings. The molecule has 1 aromatic heterocycles. The van der Waals surface area contributed by atoms with E-state index in [2.05, 4.69) is 5.32 Å². The zero-order valence-electron chi connectivity index (χ0n) is 15.0. The number of amides is 3. The molecule has 6 nitrogen and oxygen atoms in total. The Kier molecular flexibility index (Phi) is 7.02. The zero-order valence-corrected chi connectivity index (χ0v) is 16.7. The predicted molar refractivity (Wildman–Crippen MR) is 111 cm³/mol. The Bertz CT molecular complexity index is 866. The van der Waals surface area contributed by atoms with Crippen molar-refractivity contribution in [1.82, 2.24) is 10.2 Å². The third-order valence-electron chi connectivity index (χ3n) is 4.16. The number of imide groups is 1. The highest BCUT2D eigenvalue weighted by Gasteiger charge is 2.35. The minimum absolute atomic E-state index is 0.00435. The summed E-state index contributed by atoms with van der Waals surface area (Å²) in [4.78, 5) is 39.1. The molecule has 1 atom stereocenters. The fraction of sp³-hybridized carbons (Fsp3) is 0.250. The number of nitrogens with one attached hydrogen (secondary N) is 1. The van der Waals surface area contributed by atoms with Gasteiger partial charge < -0.3 is 10.4 Å². The number of thiophene rings is 1. The Labute approximate surface area is 171 Å². The van der Waals surface area contributed by atoms with E-state index in [-0.39, 0.29) is 36.6 Å². The van der Waals surface area contributed by atoms with Crippen LogP contribution in [0.5, 0.6) is 0 Å². The van der Waals surface area contributed by atoms with Crippen LogP contribution in [-0.4, -0.2) is 46.3 Å². The molecule has 0 bridgehead atoms. The number of carbonyl (C=O) groups is 3. The molecule has 3 rings (SSSR count). The number of carbonyl (C=O) groups excluding carboxylic acids is 3. The Morgan fingerprint density at radius 1 is 1.18 bits per heavy atom. The van der Waals surface area contributed by atoms with E-state index < -0.39 is 6.04 Å². The molecule has 2 heterocycles. The largest absolute Gasteiger partial charge is 0.394 e. The number of nitrogens with zero attached hydrogens (tertiary/aromatic N) is 1. The maximum atomic E-state index is 12.4. The number of hydrogen-bond donors (Lipinski definition) is 2.